The minimum Gasteiger partial charge on any atom is -0.408 e. The van der Waals surface area contributed by atoms with Crippen LogP contribution in [0.3, 0.4) is 0 Å². The van der Waals surface area contributed by atoms with Crippen molar-refractivity contribution in [3.8, 4) is 0 Å². The highest BCUT2D eigenvalue weighted by Crippen LogP contribution is 2.15. The van der Waals surface area contributed by atoms with Gasteiger partial charge in [0.2, 0.25) is 0 Å². The molecule has 1 heterocycles. The molecule has 1 aromatic heterocycles. The van der Waals surface area contributed by atoms with E-state index in [0.29, 0.717) is 5.58 Å². The van der Waals surface area contributed by atoms with E-state index in [1.54, 1.807) is 7.05 Å². The molecule has 0 saturated carbocycles. The summed E-state index contributed by atoms with van der Waals surface area (Å²) in [6.07, 6.45) is 2.12. The van der Waals surface area contributed by atoms with E-state index in [-0.39, 0.29) is 5.76 Å². The molecular weight excluding hydrogens is 178 g/mol. The number of aromatic nitrogens is 1. The molecule has 0 radical (unpaired) electrons. The van der Waals surface area contributed by atoms with Gasteiger partial charge in [0.15, 0.2) is 5.58 Å². The Labute approximate surface area is 82.0 Å². The normalized spacial score (nSPS) is 11.0. The van der Waals surface area contributed by atoms with Crippen molar-refractivity contribution < 1.29 is 4.42 Å². The molecule has 0 aliphatic rings. The van der Waals surface area contributed by atoms with Crippen LogP contribution in [0.4, 0.5) is 0 Å². The number of hydrogen-bond acceptors (Lipinski definition) is 2. The lowest BCUT2D eigenvalue weighted by Crippen LogP contribution is -2.08. The smallest absolute Gasteiger partial charge is 0.408 e. The Morgan fingerprint density at radius 1 is 1.43 bits per heavy atom. The molecule has 1 aromatic carbocycles. The van der Waals surface area contributed by atoms with Crippen molar-refractivity contribution in [3.63, 3.8) is 0 Å². The summed E-state index contributed by atoms with van der Waals surface area (Å²) in [4.78, 5) is 11.2. The van der Waals surface area contributed by atoms with Crippen LogP contribution in [-0.2, 0) is 13.5 Å². The standard InChI is InChI=1S/C11H13NO2/c1-3-4-8-5-6-9-10(7-8)14-11(13)12(9)2/h5-7H,3-4H2,1-2H3. The maximum Gasteiger partial charge on any atom is 0.419 e. The molecule has 0 fully saturated rings. The third-order valence-corrected chi connectivity index (χ3v) is 2.40. The fourth-order valence-corrected chi connectivity index (χ4v) is 1.62. The second-order valence-electron chi connectivity index (χ2n) is 3.48. The van der Waals surface area contributed by atoms with Crippen molar-refractivity contribution in [1.29, 1.82) is 0 Å². The Kier molecular flexibility index (Phi) is 2.15. The fourth-order valence-electron chi connectivity index (χ4n) is 1.62. The largest absolute Gasteiger partial charge is 0.419 e. The number of nitrogens with zero attached hydrogens (tertiary/aromatic N) is 1. The van der Waals surface area contributed by atoms with Gasteiger partial charge in [-0.2, -0.15) is 0 Å². The van der Waals surface area contributed by atoms with Crippen molar-refractivity contribution in [2.75, 3.05) is 0 Å². The average Bonchev–Trinajstić information content (AvgIpc) is 2.43. The Hall–Kier alpha value is -1.51. The second-order valence-corrected chi connectivity index (χ2v) is 3.48. The zero-order chi connectivity index (χ0) is 10.1. The van der Waals surface area contributed by atoms with Crippen LogP contribution < -0.4 is 5.76 Å². The monoisotopic (exact) mass is 191 g/mol. The van der Waals surface area contributed by atoms with Crippen LogP contribution in [0.5, 0.6) is 0 Å². The molecule has 14 heavy (non-hydrogen) atoms. The molecular formula is C11H13NO2. The molecule has 2 rings (SSSR count). The van der Waals surface area contributed by atoms with Crippen LogP contribution in [0.2, 0.25) is 0 Å². The van der Waals surface area contributed by atoms with Gasteiger partial charge >= 0.3 is 5.76 Å². The van der Waals surface area contributed by atoms with Crippen LogP contribution in [0.15, 0.2) is 27.4 Å². The van der Waals surface area contributed by atoms with E-state index in [2.05, 4.69) is 6.92 Å². The molecule has 0 spiro atoms. The van der Waals surface area contributed by atoms with Gasteiger partial charge in [-0.25, -0.2) is 4.79 Å². The van der Waals surface area contributed by atoms with Crippen molar-refractivity contribution in [1.82, 2.24) is 4.57 Å². The number of hydrogen-bond donors (Lipinski definition) is 0. The van der Waals surface area contributed by atoms with Crippen LogP contribution in [0.1, 0.15) is 18.9 Å². The first-order valence-electron chi connectivity index (χ1n) is 4.81. The van der Waals surface area contributed by atoms with Crippen LogP contribution in [-0.4, -0.2) is 4.57 Å². The van der Waals surface area contributed by atoms with Gasteiger partial charge in [0.25, 0.3) is 0 Å². The quantitative estimate of drug-likeness (QED) is 0.728. The third-order valence-electron chi connectivity index (χ3n) is 2.40. The molecule has 74 valence electrons. The second kappa shape index (κ2) is 3.33. The number of fused-ring (bicyclic) bond motifs is 1. The number of benzene rings is 1. The first kappa shape index (κ1) is 9.06. The molecule has 0 amide bonds. The van der Waals surface area contributed by atoms with Gasteiger partial charge in [-0.3, -0.25) is 4.57 Å². The molecule has 0 N–H and O–H groups in total. The summed E-state index contributed by atoms with van der Waals surface area (Å²) in [5.41, 5.74) is 2.76. The van der Waals surface area contributed by atoms with E-state index in [1.807, 2.05) is 18.2 Å². The molecule has 0 aliphatic heterocycles. The average molecular weight is 191 g/mol. The van der Waals surface area contributed by atoms with E-state index in [9.17, 15) is 4.79 Å². The Balaban J connectivity index is 2.61. The highest BCUT2D eigenvalue weighted by atomic mass is 16.4. The first-order valence-corrected chi connectivity index (χ1v) is 4.81. The summed E-state index contributed by atoms with van der Waals surface area (Å²) in [5.74, 6) is -0.298. The Morgan fingerprint density at radius 3 is 2.93 bits per heavy atom. The number of rotatable bonds is 2. The lowest BCUT2D eigenvalue weighted by molar-refractivity contribution is 0.528. The van der Waals surface area contributed by atoms with Gasteiger partial charge in [0.05, 0.1) is 5.52 Å². The van der Waals surface area contributed by atoms with Crippen molar-refractivity contribution in [3.05, 3.63) is 34.3 Å². The lowest BCUT2D eigenvalue weighted by Gasteiger charge is -1.97. The van der Waals surface area contributed by atoms with Gasteiger partial charge < -0.3 is 4.42 Å². The number of oxazole rings is 1. The minimum atomic E-state index is -0.298. The van der Waals surface area contributed by atoms with Gasteiger partial charge in [0.1, 0.15) is 0 Å². The van der Waals surface area contributed by atoms with Crippen LogP contribution in [0.25, 0.3) is 11.1 Å². The summed E-state index contributed by atoms with van der Waals surface area (Å²) < 4.78 is 6.61. The summed E-state index contributed by atoms with van der Waals surface area (Å²) in [5, 5.41) is 0. The first-order chi connectivity index (χ1) is 6.72. The van der Waals surface area contributed by atoms with E-state index in [0.717, 1.165) is 18.4 Å². The summed E-state index contributed by atoms with van der Waals surface area (Å²) in [7, 11) is 1.72. The molecule has 3 heteroatoms. The molecule has 0 atom stereocenters. The SMILES string of the molecule is CCCc1ccc2c(c1)oc(=O)n2C. The zero-order valence-electron chi connectivity index (χ0n) is 8.41. The summed E-state index contributed by atoms with van der Waals surface area (Å²) >= 11 is 0. The van der Waals surface area contributed by atoms with E-state index in [4.69, 9.17) is 4.42 Å². The van der Waals surface area contributed by atoms with Gasteiger partial charge in [-0.1, -0.05) is 19.4 Å². The van der Waals surface area contributed by atoms with Crippen molar-refractivity contribution in [2.24, 2.45) is 7.05 Å². The third kappa shape index (κ3) is 1.35. The Bertz CT molecular complexity index is 507. The molecule has 0 bridgehead atoms. The molecule has 2 aromatic rings. The molecule has 0 saturated heterocycles. The predicted molar refractivity (Wildman–Crippen MR) is 55.5 cm³/mol. The Morgan fingerprint density at radius 2 is 2.21 bits per heavy atom. The van der Waals surface area contributed by atoms with Gasteiger partial charge in [-0.05, 0) is 24.1 Å². The number of aryl methyl sites for hydroxylation is 2. The highest BCUT2D eigenvalue weighted by Gasteiger charge is 2.05. The van der Waals surface area contributed by atoms with Gasteiger partial charge in [-0.15, -0.1) is 0 Å². The topological polar surface area (TPSA) is 35.1 Å². The van der Waals surface area contributed by atoms with E-state index >= 15 is 0 Å². The molecule has 0 aliphatic carbocycles. The summed E-state index contributed by atoms with van der Waals surface area (Å²) in [6.45, 7) is 2.13. The van der Waals surface area contributed by atoms with Crippen molar-refractivity contribution >= 4 is 11.1 Å². The van der Waals surface area contributed by atoms with E-state index in [1.165, 1.54) is 10.1 Å². The fraction of sp³-hybridized carbons (Fsp3) is 0.364. The van der Waals surface area contributed by atoms with Crippen LogP contribution in [0, 0.1) is 0 Å². The summed E-state index contributed by atoms with van der Waals surface area (Å²) in [6, 6.07) is 5.92. The van der Waals surface area contributed by atoms with Gasteiger partial charge in [0, 0.05) is 7.05 Å². The van der Waals surface area contributed by atoms with E-state index < -0.39 is 0 Å². The molecule has 0 unspecified atom stereocenters. The maximum atomic E-state index is 11.2. The van der Waals surface area contributed by atoms with Crippen LogP contribution >= 0.6 is 0 Å². The predicted octanol–water partition coefficient (Wildman–Crippen LogP) is 2.08. The molecule has 3 nitrogen and oxygen atoms in total. The van der Waals surface area contributed by atoms with Crippen molar-refractivity contribution in [2.45, 2.75) is 19.8 Å². The lowest BCUT2D eigenvalue weighted by atomic mass is 10.1. The zero-order valence-corrected chi connectivity index (χ0v) is 8.41. The minimum absolute atomic E-state index is 0.298. The maximum absolute atomic E-state index is 11.2. The highest BCUT2D eigenvalue weighted by molar-refractivity contribution is 5.73.